The summed E-state index contributed by atoms with van der Waals surface area (Å²) in [4.78, 5) is 0. The van der Waals surface area contributed by atoms with Gasteiger partial charge < -0.3 is 11.1 Å². The number of rotatable bonds is 2. The number of hydrogen-bond donors (Lipinski definition) is 2. The third-order valence-electron chi connectivity index (χ3n) is 2.71. The zero-order valence-electron chi connectivity index (χ0n) is 10.6. The van der Waals surface area contributed by atoms with Gasteiger partial charge in [-0.2, -0.15) is 13.2 Å². The van der Waals surface area contributed by atoms with Crippen molar-refractivity contribution >= 4 is 28.7 Å². The Morgan fingerprint density at radius 3 is 2.45 bits per heavy atom. The largest absolute Gasteiger partial charge is 0.416 e. The van der Waals surface area contributed by atoms with Gasteiger partial charge in [-0.3, -0.25) is 0 Å². The van der Waals surface area contributed by atoms with Gasteiger partial charge in [-0.05, 0) is 42.8 Å². The molecule has 3 N–H and O–H groups in total. The van der Waals surface area contributed by atoms with Crippen LogP contribution in [0.15, 0.2) is 36.4 Å². The van der Waals surface area contributed by atoms with Gasteiger partial charge in [-0.1, -0.05) is 17.7 Å². The van der Waals surface area contributed by atoms with Crippen molar-refractivity contribution in [2.75, 3.05) is 11.1 Å². The summed E-state index contributed by atoms with van der Waals surface area (Å²) in [5, 5.41) is 2.86. The first kappa shape index (κ1) is 14.5. The SMILES string of the molecule is Cc1ccc(N)c(Nc2cc(Cl)cc(C(F)(F)F)c2)c1. The number of alkyl halides is 3. The van der Waals surface area contributed by atoms with Gasteiger partial charge >= 0.3 is 6.18 Å². The lowest BCUT2D eigenvalue weighted by Gasteiger charge is -2.13. The van der Waals surface area contributed by atoms with Crippen LogP contribution in [0.5, 0.6) is 0 Å². The molecular weight excluding hydrogens is 289 g/mol. The first-order chi connectivity index (χ1) is 9.25. The number of benzene rings is 2. The number of hydrogen-bond acceptors (Lipinski definition) is 2. The molecule has 6 heteroatoms. The Morgan fingerprint density at radius 1 is 1.10 bits per heavy atom. The van der Waals surface area contributed by atoms with Crippen molar-refractivity contribution in [3.05, 3.63) is 52.5 Å². The fourth-order valence-corrected chi connectivity index (χ4v) is 1.99. The summed E-state index contributed by atoms with van der Waals surface area (Å²) < 4.78 is 38.2. The summed E-state index contributed by atoms with van der Waals surface area (Å²) in [6, 6.07) is 8.55. The van der Waals surface area contributed by atoms with Gasteiger partial charge in [-0.25, -0.2) is 0 Å². The summed E-state index contributed by atoms with van der Waals surface area (Å²) in [5.41, 5.74) is 7.15. The molecule has 20 heavy (non-hydrogen) atoms. The highest BCUT2D eigenvalue weighted by Crippen LogP contribution is 2.34. The maximum absolute atomic E-state index is 12.7. The Balaban J connectivity index is 2.39. The van der Waals surface area contributed by atoms with Gasteiger partial charge in [0.25, 0.3) is 0 Å². The molecule has 0 amide bonds. The monoisotopic (exact) mass is 300 g/mol. The Labute approximate surface area is 119 Å². The number of nitrogen functional groups attached to an aromatic ring is 1. The topological polar surface area (TPSA) is 38.0 Å². The molecule has 2 aromatic carbocycles. The molecule has 0 radical (unpaired) electrons. The Morgan fingerprint density at radius 2 is 1.80 bits per heavy atom. The van der Waals surface area contributed by atoms with E-state index in [1.807, 2.05) is 13.0 Å². The second kappa shape index (κ2) is 5.25. The van der Waals surface area contributed by atoms with Gasteiger partial charge in [0.05, 0.1) is 16.9 Å². The highest BCUT2D eigenvalue weighted by molar-refractivity contribution is 6.31. The normalized spacial score (nSPS) is 11.4. The van der Waals surface area contributed by atoms with E-state index in [9.17, 15) is 13.2 Å². The lowest BCUT2D eigenvalue weighted by Crippen LogP contribution is -2.06. The first-order valence-electron chi connectivity index (χ1n) is 5.76. The number of halogens is 4. The highest BCUT2D eigenvalue weighted by atomic mass is 35.5. The van der Waals surface area contributed by atoms with Gasteiger partial charge in [0.1, 0.15) is 0 Å². The predicted molar refractivity (Wildman–Crippen MR) is 75.3 cm³/mol. The van der Waals surface area contributed by atoms with Crippen LogP contribution in [0.2, 0.25) is 5.02 Å². The average Bonchev–Trinajstić information content (AvgIpc) is 2.32. The summed E-state index contributed by atoms with van der Waals surface area (Å²) in [6.45, 7) is 1.86. The minimum Gasteiger partial charge on any atom is -0.397 e. The quantitative estimate of drug-likeness (QED) is 0.767. The highest BCUT2D eigenvalue weighted by Gasteiger charge is 2.31. The van der Waals surface area contributed by atoms with Crippen molar-refractivity contribution in [2.24, 2.45) is 0 Å². The molecule has 0 aliphatic rings. The Bertz CT molecular complexity index is 639. The van der Waals surface area contributed by atoms with Crippen LogP contribution in [0.1, 0.15) is 11.1 Å². The molecule has 2 rings (SSSR count). The molecule has 0 heterocycles. The predicted octanol–water partition coefficient (Wildman–Crippen LogP) is 4.99. The number of nitrogens with two attached hydrogens (primary N) is 1. The van der Waals surface area contributed by atoms with E-state index in [4.69, 9.17) is 17.3 Å². The van der Waals surface area contributed by atoms with E-state index >= 15 is 0 Å². The fourth-order valence-electron chi connectivity index (χ4n) is 1.76. The Kier molecular flexibility index (Phi) is 3.81. The third-order valence-corrected chi connectivity index (χ3v) is 2.93. The van der Waals surface area contributed by atoms with Crippen LogP contribution < -0.4 is 11.1 Å². The number of aryl methyl sites for hydroxylation is 1. The minimum atomic E-state index is -4.44. The van der Waals surface area contributed by atoms with Crippen LogP contribution in [0.3, 0.4) is 0 Å². The molecule has 0 fully saturated rings. The Hall–Kier alpha value is -1.88. The van der Waals surface area contributed by atoms with E-state index in [-0.39, 0.29) is 10.7 Å². The molecule has 0 saturated heterocycles. The summed E-state index contributed by atoms with van der Waals surface area (Å²) >= 11 is 5.72. The molecule has 0 spiro atoms. The van der Waals surface area contributed by atoms with Crippen molar-refractivity contribution in [3.63, 3.8) is 0 Å². The molecule has 0 aromatic heterocycles. The maximum Gasteiger partial charge on any atom is 0.416 e. The first-order valence-corrected chi connectivity index (χ1v) is 6.14. The molecule has 0 bridgehead atoms. The average molecular weight is 301 g/mol. The minimum absolute atomic E-state index is 0.00792. The van der Waals surface area contributed by atoms with Crippen molar-refractivity contribution in [1.82, 2.24) is 0 Å². The van der Waals surface area contributed by atoms with Crippen molar-refractivity contribution in [3.8, 4) is 0 Å². The molecule has 2 nitrogen and oxygen atoms in total. The molecule has 0 saturated carbocycles. The lowest BCUT2D eigenvalue weighted by molar-refractivity contribution is -0.137. The van der Waals surface area contributed by atoms with Crippen molar-refractivity contribution in [1.29, 1.82) is 0 Å². The van der Waals surface area contributed by atoms with Gasteiger partial charge in [-0.15, -0.1) is 0 Å². The van der Waals surface area contributed by atoms with E-state index in [2.05, 4.69) is 5.32 Å². The summed E-state index contributed by atoms with van der Waals surface area (Å²) in [5.74, 6) is 0. The maximum atomic E-state index is 12.7. The van der Waals surface area contributed by atoms with Crippen LogP contribution in [0.25, 0.3) is 0 Å². The fraction of sp³-hybridized carbons (Fsp3) is 0.143. The van der Waals surface area contributed by atoms with E-state index in [1.165, 1.54) is 6.07 Å². The second-order valence-corrected chi connectivity index (χ2v) is 4.88. The van der Waals surface area contributed by atoms with Crippen LogP contribution >= 0.6 is 11.6 Å². The van der Waals surface area contributed by atoms with E-state index in [1.54, 1.807) is 12.1 Å². The molecule has 106 valence electrons. The second-order valence-electron chi connectivity index (χ2n) is 4.44. The molecule has 0 aliphatic heterocycles. The molecule has 0 aliphatic carbocycles. The van der Waals surface area contributed by atoms with Crippen LogP contribution in [0, 0.1) is 6.92 Å². The van der Waals surface area contributed by atoms with Gasteiger partial charge in [0.15, 0.2) is 0 Å². The molecule has 0 atom stereocenters. The third kappa shape index (κ3) is 3.36. The van der Waals surface area contributed by atoms with Gasteiger partial charge in [0.2, 0.25) is 0 Å². The zero-order valence-corrected chi connectivity index (χ0v) is 11.3. The molecular formula is C14H12ClF3N2. The number of anilines is 3. The summed E-state index contributed by atoms with van der Waals surface area (Å²) in [6.07, 6.45) is -4.44. The van der Waals surface area contributed by atoms with Crippen molar-refractivity contribution in [2.45, 2.75) is 13.1 Å². The van der Waals surface area contributed by atoms with Crippen molar-refractivity contribution < 1.29 is 13.2 Å². The van der Waals surface area contributed by atoms with Crippen LogP contribution in [-0.2, 0) is 6.18 Å². The molecule has 2 aromatic rings. The van der Waals surface area contributed by atoms with E-state index in [0.717, 1.165) is 17.7 Å². The van der Waals surface area contributed by atoms with Crippen LogP contribution in [-0.4, -0.2) is 0 Å². The molecule has 0 unspecified atom stereocenters. The standard InChI is InChI=1S/C14H12ClF3N2/c1-8-2-3-12(19)13(4-8)20-11-6-9(14(16,17)18)5-10(15)7-11/h2-7,20H,19H2,1H3. The van der Waals surface area contributed by atoms with E-state index < -0.39 is 11.7 Å². The smallest absolute Gasteiger partial charge is 0.397 e. The number of nitrogens with one attached hydrogen (secondary N) is 1. The summed E-state index contributed by atoms with van der Waals surface area (Å²) in [7, 11) is 0. The van der Waals surface area contributed by atoms with Crippen LogP contribution in [0.4, 0.5) is 30.2 Å². The van der Waals surface area contributed by atoms with Gasteiger partial charge in [0, 0.05) is 10.7 Å². The lowest BCUT2D eigenvalue weighted by atomic mass is 10.1. The van der Waals surface area contributed by atoms with E-state index in [0.29, 0.717) is 11.4 Å². The zero-order chi connectivity index (χ0) is 14.9.